The molecule has 296 valence electrons. The fourth-order valence-electron chi connectivity index (χ4n) is 8.02. The summed E-state index contributed by atoms with van der Waals surface area (Å²) in [5, 5.41) is 14.1. The molecule has 2 fully saturated rings. The van der Waals surface area contributed by atoms with Crippen LogP contribution >= 0.6 is 0 Å². The van der Waals surface area contributed by atoms with E-state index in [9.17, 15) is 33.9 Å². The van der Waals surface area contributed by atoms with Crippen molar-refractivity contribution in [3.63, 3.8) is 0 Å². The van der Waals surface area contributed by atoms with Gasteiger partial charge in [-0.2, -0.15) is 0 Å². The van der Waals surface area contributed by atoms with Crippen LogP contribution in [0.3, 0.4) is 0 Å². The molecule has 4 heterocycles. The number of benzene rings is 1. The highest BCUT2D eigenvalue weighted by atomic mass is 16.5. The Morgan fingerprint density at radius 1 is 1.02 bits per heavy atom. The van der Waals surface area contributed by atoms with Crippen LogP contribution in [0.1, 0.15) is 115 Å². The molecule has 55 heavy (non-hydrogen) atoms. The minimum absolute atomic E-state index is 0.0980. The first-order valence-corrected chi connectivity index (χ1v) is 19.7. The van der Waals surface area contributed by atoms with E-state index in [1.807, 2.05) is 19.9 Å². The number of ether oxygens (including phenoxy) is 2. The molecular weight excluding hydrogens is 704 g/mol. The van der Waals surface area contributed by atoms with Crippen LogP contribution in [-0.4, -0.2) is 62.8 Å². The lowest BCUT2D eigenvalue weighted by Crippen LogP contribution is -2.41. The van der Waals surface area contributed by atoms with Crippen LogP contribution in [0, 0.1) is 23.7 Å². The van der Waals surface area contributed by atoms with Crippen molar-refractivity contribution >= 4 is 41.1 Å². The van der Waals surface area contributed by atoms with Crippen molar-refractivity contribution in [1.82, 2.24) is 19.8 Å². The van der Waals surface area contributed by atoms with E-state index >= 15 is 0 Å². The molecule has 0 spiro atoms. The zero-order chi connectivity index (χ0) is 39.8. The summed E-state index contributed by atoms with van der Waals surface area (Å²) in [6.45, 7) is 11.4. The number of hydrogen-bond donors (Lipinski definition) is 2. The van der Waals surface area contributed by atoms with Gasteiger partial charge < -0.3 is 24.5 Å². The topological polar surface area (TPSA) is 174 Å². The molecule has 0 saturated heterocycles. The molecule has 2 aliphatic heterocycles. The Kier molecular flexibility index (Phi) is 14.0. The molecule has 2 saturated carbocycles. The van der Waals surface area contributed by atoms with Crippen molar-refractivity contribution < 1.29 is 38.6 Å². The molecule has 7 rings (SSSR count). The molecule has 2 N–H and O–H groups in total. The summed E-state index contributed by atoms with van der Waals surface area (Å²) in [5.74, 6) is 1.50. The highest BCUT2D eigenvalue weighted by Crippen LogP contribution is 2.36. The molecule has 0 radical (unpaired) electrons. The molecule has 2 aromatic heterocycles. The standard InChI is InChI=1S/C21H36N2O3.C19H12N2O6.C2H6/c1-4-20(25)23(16(3)24)14-18-9-11-19(12-10-18)21(26)22-13-17-7-5-15(2)6-8-17;22-8-27-11-1-2-14-9(4-11)3-10-6-21-15(16(10)20-14)5-12-13(18(21)24)7-26-19(25)17(12)23;1-2/h15,17-19H,4-14H2,1-3H3,(H,22,26);1-5,8,17,23H,6-7H2;1-2H3/t;17-;/m.0./s1. The number of fused-ring (bicyclic) bond motifs is 5. The van der Waals surface area contributed by atoms with E-state index in [2.05, 4.69) is 17.2 Å². The van der Waals surface area contributed by atoms with Gasteiger partial charge in [0.1, 0.15) is 12.4 Å². The van der Waals surface area contributed by atoms with Gasteiger partial charge in [-0.3, -0.25) is 28.9 Å². The average Bonchev–Trinajstić information content (AvgIpc) is 3.55. The predicted molar refractivity (Wildman–Crippen MR) is 206 cm³/mol. The number of pyridine rings is 2. The first-order valence-electron chi connectivity index (χ1n) is 19.7. The maximum atomic E-state index is 12.8. The van der Waals surface area contributed by atoms with Gasteiger partial charge in [0.15, 0.2) is 6.10 Å². The molecule has 4 aliphatic rings. The molecule has 13 nitrogen and oxygen atoms in total. The van der Waals surface area contributed by atoms with Crippen molar-refractivity contribution in [2.75, 3.05) is 13.1 Å². The maximum absolute atomic E-state index is 12.8. The third-order valence-corrected chi connectivity index (χ3v) is 11.3. The number of imide groups is 1. The van der Waals surface area contributed by atoms with Crippen LogP contribution in [0.15, 0.2) is 35.1 Å². The smallest absolute Gasteiger partial charge is 0.340 e. The highest BCUT2D eigenvalue weighted by Gasteiger charge is 2.34. The van der Waals surface area contributed by atoms with Gasteiger partial charge >= 0.3 is 5.97 Å². The lowest BCUT2D eigenvalue weighted by atomic mass is 9.80. The van der Waals surface area contributed by atoms with E-state index in [4.69, 9.17) is 9.47 Å². The average molecular weight is 759 g/mol. The number of nitrogens with zero attached hydrogens (tertiary/aromatic N) is 3. The van der Waals surface area contributed by atoms with E-state index in [1.165, 1.54) is 37.5 Å². The summed E-state index contributed by atoms with van der Waals surface area (Å²) in [6, 6.07) is 8.57. The Bertz CT molecular complexity index is 1960. The van der Waals surface area contributed by atoms with Gasteiger partial charge in [0, 0.05) is 48.9 Å². The summed E-state index contributed by atoms with van der Waals surface area (Å²) in [7, 11) is 0. The molecule has 0 unspecified atom stereocenters. The first-order chi connectivity index (χ1) is 26.5. The first kappa shape index (κ1) is 41.3. The van der Waals surface area contributed by atoms with Crippen molar-refractivity contribution in [2.24, 2.45) is 23.7 Å². The zero-order valence-corrected chi connectivity index (χ0v) is 32.6. The maximum Gasteiger partial charge on any atom is 0.340 e. The SMILES string of the molecule is CC.CCC(=O)N(CC1CCC(C(=O)NCC2CCC(C)CC2)CC1)C(C)=O.O=COc1ccc2nc3c(cc2c1)Cn1c-3cc2c(c1=O)COC(=O)[C@H]2O. The lowest BCUT2D eigenvalue weighted by Gasteiger charge is -2.32. The van der Waals surface area contributed by atoms with Gasteiger partial charge in [0.25, 0.3) is 12.0 Å². The van der Waals surface area contributed by atoms with E-state index in [-0.39, 0.29) is 46.9 Å². The van der Waals surface area contributed by atoms with Gasteiger partial charge in [-0.05, 0) is 86.6 Å². The number of hydrogen-bond acceptors (Lipinski definition) is 10. The van der Waals surface area contributed by atoms with Gasteiger partial charge in [-0.15, -0.1) is 0 Å². The van der Waals surface area contributed by atoms with Gasteiger partial charge in [-0.25, -0.2) is 9.78 Å². The molecule has 0 bridgehead atoms. The van der Waals surface area contributed by atoms with E-state index < -0.39 is 12.1 Å². The number of aromatic nitrogens is 2. The second-order valence-corrected chi connectivity index (χ2v) is 14.9. The quantitative estimate of drug-likeness (QED) is 0.170. The lowest BCUT2D eigenvalue weighted by molar-refractivity contribution is -0.157. The number of rotatable bonds is 8. The van der Waals surface area contributed by atoms with E-state index in [0.717, 1.165) is 49.1 Å². The Morgan fingerprint density at radius 3 is 2.36 bits per heavy atom. The second kappa shape index (κ2) is 18.6. The van der Waals surface area contributed by atoms with Crippen molar-refractivity contribution in [3.05, 3.63) is 57.4 Å². The molecule has 3 aromatic rings. The monoisotopic (exact) mass is 758 g/mol. The zero-order valence-electron chi connectivity index (χ0n) is 32.6. The van der Waals surface area contributed by atoms with Gasteiger partial charge in [0.2, 0.25) is 17.7 Å². The normalized spacial score (nSPS) is 22.2. The van der Waals surface area contributed by atoms with Crippen LogP contribution < -0.4 is 15.6 Å². The van der Waals surface area contributed by atoms with Crippen LogP contribution in [0.4, 0.5) is 0 Å². The number of cyclic esters (lactones) is 1. The van der Waals surface area contributed by atoms with Crippen LogP contribution in [0.2, 0.25) is 0 Å². The molecule has 2 aliphatic carbocycles. The number of carbonyl (C=O) groups is 5. The number of esters is 1. The Balaban J connectivity index is 0.000000202. The molecule has 1 aromatic carbocycles. The highest BCUT2D eigenvalue weighted by molar-refractivity contribution is 5.94. The van der Waals surface area contributed by atoms with E-state index in [1.54, 1.807) is 35.8 Å². The second-order valence-electron chi connectivity index (χ2n) is 14.9. The third kappa shape index (κ3) is 9.49. The minimum Gasteiger partial charge on any atom is -0.458 e. The molecule has 13 heteroatoms. The Hall–Kier alpha value is -4.91. The summed E-state index contributed by atoms with van der Waals surface area (Å²) in [4.78, 5) is 77.1. The molecular formula is C42H54N4O9. The van der Waals surface area contributed by atoms with Crippen LogP contribution in [0.5, 0.6) is 5.75 Å². The van der Waals surface area contributed by atoms with E-state index in [0.29, 0.717) is 60.5 Å². The summed E-state index contributed by atoms with van der Waals surface area (Å²) >= 11 is 0. The third-order valence-electron chi connectivity index (χ3n) is 11.3. The van der Waals surface area contributed by atoms with Crippen molar-refractivity contribution in [2.45, 2.75) is 112 Å². The van der Waals surface area contributed by atoms with Gasteiger partial charge in [0.05, 0.1) is 29.0 Å². The number of amides is 3. The number of aliphatic hydroxyl groups is 1. The number of nitrogens with one attached hydrogen (secondary N) is 1. The fourth-order valence-corrected chi connectivity index (χ4v) is 8.02. The number of aliphatic hydroxyl groups excluding tert-OH is 1. The largest absolute Gasteiger partial charge is 0.458 e. The van der Waals surface area contributed by atoms with Crippen molar-refractivity contribution in [3.8, 4) is 17.1 Å². The summed E-state index contributed by atoms with van der Waals surface area (Å²) < 4.78 is 11.3. The van der Waals surface area contributed by atoms with Gasteiger partial charge in [-0.1, -0.05) is 40.5 Å². The fraction of sp³-hybridized carbons (Fsp3) is 0.548. The minimum atomic E-state index is -1.47. The molecule has 1 atom stereocenters. The van der Waals surface area contributed by atoms with Crippen LogP contribution in [0.25, 0.3) is 22.3 Å². The summed E-state index contributed by atoms with van der Waals surface area (Å²) in [5.41, 5.74) is 2.92. The Morgan fingerprint density at radius 2 is 1.71 bits per heavy atom. The predicted octanol–water partition coefficient (Wildman–Crippen LogP) is 5.60. The van der Waals surface area contributed by atoms with Crippen molar-refractivity contribution in [1.29, 1.82) is 0 Å². The summed E-state index contributed by atoms with van der Waals surface area (Å²) in [6.07, 6.45) is 7.50. The Labute approximate surface area is 321 Å². The molecule has 3 amide bonds. The number of carbonyl (C=O) groups excluding carboxylic acids is 5. The van der Waals surface area contributed by atoms with Crippen LogP contribution in [-0.2, 0) is 41.9 Å².